The summed E-state index contributed by atoms with van der Waals surface area (Å²) in [6, 6.07) is 11.3. The number of amides is 1. The topological polar surface area (TPSA) is 75.9 Å². The molecule has 1 heterocycles. The summed E-state index contributed by atoms with van der Waals surface area (Å²) < 4.78 is 5.85. The number of non-ortho nitro benzene ring substituents is 1. The molecule has 2 aromatic carbocycles. The molecule has 9 heteroatoms. The maximum atomic E-state index is 12.9. The molecule has 0 radical (unpaired) electrons. The van der Waals surface area contributed by atoms with E-state index in [0.717, 1.165) is 5.69 Å². The fraction of sp³-hybridized carbons (Fsp3) is 0.350. The van der Waals surface area contributed by atoms with Crippen LogP contribution in [0.25, 0.3) is 0 Å². The molecular weight excluding hydrogens is 417 g/mol. The molecule has 7 nitrogen and oxygen atoms in total. The van der Waals surface area contributed by atoms with E-state index in [4.69, 9.17) is 27.9 Å². The Bertz CT molecular complexity index is 884. The highest BCUT2D eigenvalue weighted by molar-refractivity contribution is 6.34. The Balaban J connectivity index is 1.60. The molecule has 1 atom stereocenters. The summed E-state index contributed by atoms with van der Waals surface area (Å²) >= 11 is 12.1. The van der Waals surface area contributed by atoms with Crippen LogP contribution in [0.3, 0.4) is 0 Å². The van der Waals surface area contributed by atoms with Crippen LogP contribution in [-0.4, -0.2) is 48.0 Å². The first kappa shape index (κ1) is 21.2. The summed E-state index contributed by atoms with van der Waals surface area (Å²) in [5.41, 5.74) is 0.960. The van der Waals surface area contributed by atoms with E-state index in [0.29, 0.717) is 48.4 Å². The molecule has 0 saturated carbocycles. The first-order chi connectivity index (χ1) is 13.9. The van der Waals surface area contributed by atoms with Crippen LogP contribution in [0.4, 0.5) is 11.4 Å². The number of hydrogen-bond donors (Lipinski definition) is 0. The van der Waals surface area contributed by atoms with Crippen molar-refractivity contribution in [2.24, 2.45) is 0 Å². The highest BCUT2D eigenvalue weighted by Crippen LogP contribution is 2.29. The fourth-order valence-corrected chi connectivity index (χ4v) is 3.53. The smallest absolute Gasteiger partial charge is 0.269 e. The monoisotopic (exact) mass is 437 g/mol. The van der Waals surface area contributed by atoms with E-state index in [9.17, 15) is 14.9 Å². The van der Waals surface area contributed by atoms with Crippen molar-refractivity contribution in [1.82, 2.24) is 4.90 Å². The molecule has 1 amide bonds. The van der Waals surface area contributed by atoms with Crippen molar-refractivity contribution in [3.05, 3.63) is 62.6 Å². The van der Waals surface area contributed by atoms with Crippen molar-refractivity contribution in [1.29, 1.82) is 0 Å². The van der Waals surface area contributed by atoms with Gasteiger partial charge < -0.3 is 14.5 Å². The first-order valence-electron chi connectivity index (χ1n) is 9.29. The van der Waals surface area contributed by atoms with E-state index in [1.807, 2.05) is 6.92 Å². The van der Waals surface area contributed by atoms with Crippen LogP contribution in [0, 0.1) is 10.1 Å². The first-order valence-corrected chi connectivity index (χ1v) is 10.0. The molecule has 0 spiro atoms. The average Bonchev–Trinajstić information content (AvgIpc) is 2.74. The maximum absolute atomic E-state index is 12.9. The Kier molecular flexibility index (Phi) is 6.82. The lowest BCUT2D eigenvalue weighted by atomic mass is 10.2. The van der Waals surface area contributed by atoms with Crippen LogP contribution in [-0.2, 0) is 4.79 Å². The number of nitro benzene ring substituents is 1. The lowest BCUT2D eigenvalue weighted by Crippen LogP contribution is -2.52. The molecule has 1 aliphatic rings. The summed E-state index contributed by atoms with van der Waals surface area (Å²) in [6.07, 6.45) is -0.138. The lowest BCUT2D eigenvalue weighted by Gasteiger charge is -2.37. The normalized spacial score (nSPS) is 15.1. The minimum atomic E-state index is -0.642. The number of carbonyl (C=O) groups excluding carboxylic acids is 1. The molecule has 154 valence electrons. The highest BCUT2D eigenvalue weighted by Gasteiger charge is 2.28. The number of nitrogens with zero attached hydrogens (tertiary/aromatic N) is 3. The van der Waals surface area contributed by atoms with Crippen molar-refractivity contribution in [2.75, 3.05) is 31.1 Å². The highest BCUT2D eigenvalue weighted by atomic mass is 35.5. The lowest BCUT2D eigenvalue weighted by molar-refractivity contribution is -0.384. The summed E-state index contributed by atoms with van der Waals surface area (Å²) in [6.45, 7) is 4.24. The second kappa shape index (κ2) is 9.33. The molecule has 3 rings (SSSR count). The van der Waals surface area contributed by atoms with E-state index in [-0.39, 0.29) is 11.6 Å². The minimum Gasteiger partial charge on any atom is -0.479 e. The van der Waals surface area contributed by atoms with Gasteiger partial charge in [0.15, 0.2) is 6.10 Å². The van der Waals surface area contributed by atoms with Gasteiger partial charge in [0.1, 0.15) is 5.75 Å². The standard InChI is InChI=1S/C20H21Cl2N3O4/c1-2-18(29-19-13-14(21)3-8-17(19)22)20(26)24-11-9-23(10-12-24)15-4-6-16(7-5-15)25(27)28/h3-8,13,18H,2,9-12H2,1H3/t18-/m1/s1. The minimum absolute atomic E-state index is 0.0603. The number of rotatable bonds is 6. The Morgan fingerprint density at radius 2 is 1.79 bits per heavy atom. The van der Waals surface area contributed by atoms with Gasteiger partial charge in [-0.3, -0.25) is 14.9 Å². The molecule has 29 heavy (non-hydrogen) atoms. The Labute approximate surface area is 178 Å². The van der Waals surface area contributed by atoms with Gasteiger partial charge in [0.05, 0.1) is 9.95 Å². The third-order valence-electron chi connectivity index (χ3n) is 4.83. The van der Waals surface area contributed by atoms with Gasteiger partial charge in [-0.15, -0.1) is 0 Å². The summed E-state index contributed by atoms with van der Waals surface area (Å²) in [5.74, 6) is 0.302. The largest absolute Gasteiger partial charge is 0.479 e. The van der Waals surface area contributed by atoms with Crippen LogP contribution in [0.5, 0.6) is 5.75 Å². The number of benzene rings is 2. The quantitative estimate of drug-likeness (QED) is 0.494. The van der Waals surface area contributed by atoms with E-state index in [1.165, 1.54) is 12.1 Å². The summed E-state index contributed by atoms with van der Waals surface area (Å²) in [7, 11) is 0. The Morgan fingerprint density at radius 1 is 1.14 bits per heavy atom. The number of halogens is 2. The van der Waals surface area contributed by atoms with E-state index in [2.05, 4.69) is 4.90 Å². The van der Waals surface area contributed by atoms with E-state index in [1.54, 1.807) is 35.2 Å². The second-order valence-electron chi connectivity index (χ2n) is 6.68. The van der Waals surface area contributed by atoms with Gasteiger partial charge in [-0.25, -0.2) is 0 Å². The number of hydrogen-bond acceptors (Lipinski definition) is 5. The molecule has 1 saturated heterocycles. The van der Waals surface area contributed by atoms with E-state index < -0.39 is 11.0 Å². The van der Waals surface area contributed by atoms with Gasteiger partial charge in [0.25, 0.3) is 11.6 Å². The van der Waals surface area contributed by atoms with Crippen LogP contribution >= 0.6 is 23.2 Å². The number of piperazine rings is 1. The van der Waals surface area contributed by atoms with Gasteiger partial charge >= 0.3 is 0 Å². The zero-order valence-electron chi connectivity index (χ0n) is 15.9. The van der Waals surface area contributed by atoms with Crippen LogP contribution in [0.1, 0.15) is 13.3 Å². The molecular formula is C20H21Cl2N3O4. The number of nitro groups is 1. The van der Waals surface area contributed by atoms with Gasteiger partial charge in [-0.05, 0) is 30.7 Å². The predicted molar refractivity (Wildman–Crippen MR) is 113 cm³/mol. The van der Waals surface area contributed by atoms with Gasteiger partial charge in [-0.1, -0.05) is 30.1 Å². The van der Waals surface area contributed by atoms with Crippen molar-refractivity contribution in [3.63, 3.8) is 0 Å². The molecule has 0 aromatic heterocycles. The van der Waals surface area contributed by atoms with Crippen LogP contribution in [0.2, 0.25) is 10.0 Å². The van der Waals surface area contributed by atoms with Crippen molar-refractivity contribution < 1.29 is 14.5 Å². The van der Waals surface area contributed by atoms with Crippen LogP contribution in [0.15, 0.2) is 42.5 Å². The van der Waals surface area contributed by atoms with Crippen molar-refractivity contribution >= 4 is 40.5 Å². The van der Waals surface area contributed by atoms with Gasteiger partial charge in [0, 0.05) is 55.1 Å². The fourth-order valence-electron chi connectivity index (χ4n) is 3.20. The number of ether oxygens (including phenoxy) is 1. The zero-order valence-corrected chi connectivity index (χ0v) is 17.4. The third-order valence-corrected chi connectivity index (χ3v) is 5.37. The molecule has 1 aliphatic heterocycles. The van der Waals surface area contributed by atoms with Crippen LogP contribution < -0.4 is 9.64 Å². The van der Waals surface area contributed by atoms with E-state index >= 15 is 0 Å². The second-order valence-corrected chi connectivity index (χ2v) is 7.52. The molecule has 0 N–H and O–H groups in total. The summed E-state index contributed by atoms with van der Waals surface area (Å²) in [4.78, 5) is 27.2. The number of anilines is 1. The molecule has 0 unspecified atom stereocenters. The maximum Gasteiger partial charge on any atom is 0.269 e. The third kappa shape index (κ3) is 5.10. The molecule has 0 aliphatic carbocycles. The predicted octanol–water partition coefficient (Wildman–Crippen LogP) is 4.41. The van der Waals surface area contributed by atoms with Gasteiger partial charge in [-0.2, -0.15) is 0 Å². The molecule has 2 aromatic rings. The Hall–Kier alpha value is -2.51. The van der Waals surface area contributed by atoms with Crippen molar-refractivity contribution in [2.45, 2.75) is 19.4 Å². The zero-order chi connectivity index (χ0) is 21.0. The average molecular weight is 438 g/mol. The molecule has 1 fully saturated rings. The Morgan fingerprint density at radius 3 is 2.38 bits per heavy atom. The summed E-state index contributed by atoms with van der Waals surface area (Å²) in [5, 5.41) is 11.7. The molecule has 0 bridgehead atoms. The van der Waals surface area contributed by atoms with Gasteiger partial charge in [0.2, 0.25) is 0 Å². The van der Waals surface area contributed by atoms with Crippen molar-refractivity contribution in [3.8, 4) is 5.75 Å². The SMILES string of the molecule is CC[C@@H](Oc1cc(Cl)ccc1Cl)C(=O)N1CCN(c2ccc([N+](=O)[O-])cc2)CC1. The number of carbonyl (C=O) groups is 1.